The lowest BCUT2D eigenvalue weighted by Crippen LogP contribution is -2.24. The minimum Gasteiger partial charge on any atom is -0.497 e. The van der Waals surface area contributed by atoms with Crippen molar-refractivity contribution >= 4 is 11.6 Å². The highest BCUT2D eigenvalue weighted by Gasteiger charge is 2.36. The average molecular weight is 365 g/mol. The van der Waals surface area contributed by atoms with Gasteiger partial charge in [0, 0.05) is 18.5 Å². The summed E-state index contributed by atoms with van der Waals surface area (Å²) in [6.07, 6.45) is 0.322. The average Bonchev–Trinajstić information content (AvgIpc) is 3.35. The van der Waals surface area contributed by atoms with E-state index >= 15 is 0 Å². The maximum atomic E-state index is 12.5. The molecule has 4 rings (SSSR count). The zero-order valence-corrected chi connectivity index (χ0v) is 15.1. The van der Waals surface area contributed by atoms with Crippen molar-refractivity contribution in [3.8, 4) is 22.9 Å². The van der Waals surface area contributed by atoms with Crippen molar-refractivity contribution in [1.82, 2.24) is 10.1 Å². The number of ether oxygens (including phenoxy) is 2. The molecule has 1 aromatic heterocycles. The molecule has 0 N–H and O–H groups in total. The van der Waals surface area contributed by atoms with Crippen LogP contribution in [0.1, 0.15) is 18.2 Å². The normalized spacial score (nSPS) is 16.6. The standard InChI is InChI=1S/C20H19N3O4/c1-25-15-9-7-13(8-10-15)19-21-20(27-22-19)14-11-18(24)23(12-14)16-5-3-4-6-17(16)26-2/h3-10,14H,11-12H2,1-2H3. The van der Waals surface area contributed by atoms with Gasteiger partial charge in [-0.15, -0.1) is 0 Å². The number of aromatic nitrogens is 2. The van der Waals surface area contributed by atoms with Crippen LogP contribution in [0.15, 0.2) is 53.1 Å². The summed E-state index contributed by atoms with van der Waals surface area (Å²) in [6.45, 7) is 0.476. The van der Waals surface area contributed by atoms with Gasteiger partial charge in [-0.05, 0) is 36.4 Å². The van der Waals surface area contributed by atoms with Crippen LogP contribution in [0.2, 0.25) is 0 Å². The fraction of sp³-hybridized carbons (Fsp3) is 0.250. The molecule has 7 nitrogen and oxygen atoms in total. The first-order chi connectivity index (χ1) is 13.2. The first-order valence-corrected chi connectivity index (χ1v) is 8.61. The van der Waals surface area contributed by atoms with E-state index in [0.29, 0.717) is 30.4 Å². The Balaban J connectivity index is 1.55. The van der Waals surface area contributed by atoms with Gasteiger partial charge in [-0.1, -0.05) is 17.3 Å². The molecule has 0 radical (unpaired) electrons. The van der Waals surface area contributed by atoms with Crippen molar-refractivity contribution in [3.63, 3.8) is 0 Å². The fourth-order valence-corrected chi connectivity index (χ4v) is 3.22. The van der Waals surface area contributed by atoms with Gasteiger partial charge in [-0.3, -0.25) is 4.79 Å². The molecule has 0 spiro atoms. The number of hydrogen-bond acceptors (Lipinski definition) is 6. The number of anilines is 1. The third kappa shape index (κ3) is 3.23. The van der Waals surface area contributed by atoms with Crippen LogP contribution in [0.3, 0.4) is 0 Å². The summed E-state index contributed by atoms with van der Waals surface area (Å²) in [5, 5.41) is 4.06. The van der Waals surface area contributed by atoms with Gasteiger partial charge in [0.15, 0.2) is 0 Å². The van der Waals surface area contributed by atoms with Crippen molar-refractivity contribution in [2.24, 2.45) is 0 Å². The van der Waals surface area contributed by atoms with Crippen LogP contribution in [0, 0.1) is 0 Å². The Kier molecular flexibility index (Phi) is 4.50. The van der Waals surface area contributed by atoms with Crippen LogP contribution in [0.5, 0.6) is 11.5 Å². The van der Waals surface area contributed by atoms with Gasteiger partial charge in [0.2, 0.25) is 17.6 Å². The van der Waals surface area contributed by atoms with Crippen LogP contribution in [-0.2, 0) is 4.79 Å². The van der Waals surface area contributed by atoms with Gasteiger partial charge in [0.1, 0.15) is 11.5 Å². The third-order valence-electron chi connectivity index (χ3n) is 4.64. The van der Waals surface area contributed by atoms with E-state index in [1.54, 1.807) is 19.1 Å². The molecule has 1 unspecified atom stereocenters. The minimum atomic E-state index is -0.151. The quantitative estimate of drug-likeness (QED) is 0.691. The Morgan fingerprint density at radius 1 is 1.07 bits per heavy atom. The van der Waals surface area contributed by atoms with E-state index in [0.717, 1.165) is 17.0 Å². The number of hydrogen-bond donors (Lipinski definition) is 0. The highest BCUT2D eigenvalue weighted by Crippen LogP contribution is 2.36. The summed E-state index contributed by atoms with van der Waals surface area (Å²) in [6, 6.07) is 14.9. The molecule has 1 amide bonds. The number of para-hydroxylation sites is 2. The summed E-state index contributed by atoms with van der Waals surface area (Å²) < 4.78 is 16.0. The lowest BCUT2D eigenvalue weighted by Gasteiger charge is -2.18. The molecule has 2 aromatic carbocycles. The molecule has 1 atom stereocenters. The molecule has 2 heterocycles. The molecule has 1 aliphatic rings. The number of amides is 1. The summed E-state index contributed by atoms with van der Waals surface area (Å²) in [7, 11) is 3.21. The van der Waals surface area contributed by atoms with Crippen molar-refractivity contribution < 1.29 is 18.8 Å². The summed E-state index contributed by atoms with van der Waals surface area (Å²) in [5.41, 5.74) is 1.58. The number of carbonyl (C=O) groups excluding carboxylic acids is 1. The van der Waals surface area contributed by atoms with Gasteiger partial charge < -0.3 is 18.9 Å². The van der Waals surface area contributed by atoms with E-state index < -0.39 is 0 Å². The zero-order chi connectivity index (χ0) is 18.8. The maximum absolute atomic E-state index is 12.5. The molecular weight excluding hydrogens is 346 g/mol. The Bertz CT molecular complexity index is 952. The highest BCUT2D eigenvalue weighted by molar-refractivity contribution is 5.97. The van der Waals surface area contributed by atoms with Crippen LogP contribution < -0.4 is 14.4 Å². The topological polar surface area (TPSA) is 77.7 Å². The molecule has 1 aliphatic heterocycles. The summed E-state index contributed by atoms with van der Waals surface area (Å²) >= 11 is 0. The number of carbonyl (C=O) groups is 1. The predicted octanol–water partition coefficient (Wildman–Crippen LogP) is 3.27. The lowest BCUT2D eigenvalue weighted by atomic mass is 10.1. The van der Waals surface area contributed by atoms with E-state index in [4.69, 9.17) is 14.0 Å². The first-order valence-electron chi connectivity index (χ1n) is 8.61. The second-order valence-electron chi connectivity index (χ2n) is 6.26. The highest BCUT2D eigenvalue weighted by atomic mass is 16.5. The number of benzene rings is 2. The largest absolute Gasteiger partial charge is 0.497 e. The Morgan fingerprint density at radius 3 is 2.59 bits per heavy atom. The predicted molar refractivity (Wildman–Crippen MR) is 99.0 cm³/mol. The molecule has 0 saturated carbocycles. The van der Waals surface area contributed by atoms with E-state index in [1.807, 2.05) is 48.5 Å². The van der Waals surface area contributed by atoms with Crippen molar-refractivity contribution in [2.75, 3.05) is 25.7 Å². The lowest BCUT2D eigenvalue weighted by molar-refractivity contribution is -0.117. The van der Waals surface area contributed by atoms with Crippen LogP contribution in [0.4, 0.5) is 5.69 Å². The minimum absolute atomic E-state index is 0.00805. The van der Waals surface area contributed by atoms with Gasteiger partial charge >= 0.3 is 0 Å². The monoisotopic (exact) mass is 365 g/mol. The zero-order valence-electron chi connectivity index (χ0n) is 15.1. The number of nitrogens with zero attached hydrogens (tertiary/aromatic N) is 3. The number of methoxy groups -OCH3 is 2. The molecule has 1 saturated heterocycles. The van der Waals surface area contributed by atoms with Gasteiger partial charge in [0.05, 0.1) is 25.8 Å². The van der Waals surface area contributed by atoms with E-state index in [1.165, 1.54) is 0 Å². The Morgan fingerprint density at radius 2 is 1.85 bits per heavy atom. The molecule has 0 bridgehead atoms. The van der Waals surface area contributed by atoms with E-state index in [2.05, 4.69) is 10.1 Å². The Labute approximate surface area is 156 Å². The van der Waals surface area contributed by atoms with Gasteiger partial charge in [0.25, 0.3) is 0 Å². The second-order valence-corrected chi connectivity index (χ2v) is 6.26. The fourth-order valence-electron chi connectivity index (χ4n) is 3.22. The second kappa shape index (κ2) is 7.11. The Hall–Kier alpha value is -3.35. The van der Waals surface area contributed by atoms with Gasteiger partial charge in [-0.25, -0.2) is 0 Å². The number of rotatable bonds is 5. The van der Waals surface area contributed by atoms with E-state index in [9.17, 15) is 4.79 Å². The smallest absolute Gasteiger partial charge is 0.232 e. The SMILES string of the molecule is COc1ccc(-c2noc(C3CC(=O)N(c4ccccc4OC)C3)n2)cc1. The molecule has 0 aliphatic carbocycles. The third-order valence-corrected chi connectivity index (χ3v) is 4.64. The molecule has 7 heteroatoms. The molecule has 3 aromatic rings. The van der Waals surface area contributed by atoms with Crippen LogP contribution in [0.25, 0.3) is 11.4 Å². The summed E-state index contributed by atoms with van der Waals surface area (Å²) in [4.78, 5) is 18.7. The van der Waals surface area contributed by atoms with Crippen molar-refractivity contribution in [1.29, 1.82) is 0 Å². The molecule has 27 heavy (non-hydrogen) atoms. The molecule has 138 valence electrons. The maximum Gasteiger partial charge on any atom is 0.232 e. The molecular formula is C20H19N3O4. The first kappa shape index (κ1) is 17.1. The van der Waals surface area contributed by atoms with Crippen molar-refractivity contribution in [2.45, 2.75) is 12.3 Å². The van der Waals surface area contributed by atoms with Gasteiger partial charge in [-0.2, -0.15) is 4.98 Å². The summed E-state index contributed by atoms with van der Waals surface area (Å²) in [5.74, 6) is 2.24. The molecule has 1 fully saturated rings. The van der Waals surface area contributed by atoms with E-state index in [-0.39, 0.29) is 11.8 Å². The van der Waals surface area contributed by atoms with Crippen molar-refractivity contribution in [3.05, 3.63) is 54.4 Å². The van der Waals surface area contributed by atoms with Crippen LogP contribution in [-0.4, -0.2) is 36.8 Å². The van der Waals surface area contributed by atoms with Crippen LogP contribution >= 0.6 is 0 Å².